The van der Waals surface area contributed by atoms with Crippen molar-refractivity contribution in [1.82, 2.24) is 0 Å². The minimum absolute atomic E-state index is 1.09. The second-order valence-corrected chi connectivity index (χ2v) is 3.97. The Morgan fingerprint density at radius 2 is 1.47 bits per heavy atom. The van der Waals surface area contributed by atoms with E-state index in [1.807, 2.05) is 13.8 Å². The molecule has 0 N–H and O–H groups in total. The normalized spacial score (nSPS) is 9.40. The van der Waals surface area contributed by atoms with Gasteiger partial charge in [-0.25, -0.2) is 0 Å². The third kappa shape index (κ3) is 5.27. The summed E-state index contributed by atoms with van der Waals surface area (Å²) in [6.45, 7) is 8.45. The lowest BCUT2D eigenvalue weighted by Crippen LogP contribution is -1.93. The number of hydrogen-bond acceptors (Lipinski definition) is 1. The Kier molecular flexibility index (Phi) is 8.59. The lowest BCUT2D eigenvalue weighted by molar-refractivity contribution is 0.857. The molecule has 0 atom stereocenters. The van der Waals surface area contributed by atoms with Crippen molar-refractivity contribution in [2.75, 3.05) is 0 Å². The quantitative estimate of drug-likeness (QED) is 0.690. The minimum atomic E-state index is 1.09. The molecule has 0 heterocycles. The van der Waals surface area contributed by atoms with E-state index < -0.39 is 0 Å². The van der Waals surface area contributed by atoms with E-state index in [2.05, 4.69) is 44.7 Å². The summed E-state index contributed by atoms with van der Waals surface area (Å²) in [4.78, 5) is 1.09. The number of thiol groups is 1. The first-order valence-electron chi connectivity index (χ1n) is 6.08. The monoisotopic (exact) mass is 224 g/mol. The topological polar surface area (TPSA) is 0 Å². The van der Waals surface area contributed by atoms with Crippen LogP contribution < -0.4 is 0 Å². The summed E-state index contributed by atoms with van der Waals surface area (Å²) in [6.07, 6.45) is 4.82. The zero-order valence-electron chi connectivity index (χ0n) is 10.5. The molecule has 1 aromatic rings. The molecule has 0 bridgehead atoms. The molecule has 1 rings (SSSR count). The van der Waals surface area contributed by atoms with Gasteiger partial charge >= 0.3 is 0 Å². The van der Waals surface area contributed by atoms with Crippen LogP contribution in [0, 0.1) is 0 Å². The van der Waals surface area contributed by atoms with Crippen molar-refractivity contribution in [3.05, 3.63) is 29.3 Å². The number of rotatable bonds is 4. The van der Waals surface area contributed by atoms with E-state index in [1.54, 1.807) is 0 Å². The van der Waals surface area contributed by atoms with Crippen LogP contribution in [0.15, 0.2) is 23.1 Å². The van der Waals surface area contributed by atoms with Gasteiger partial charge in [0.1, 0.15) is 0 Å². The van der Waals surface area contributed by atoms with Crippen LogP contribution >= 0.6 is 12.6 Å². The zero-order valence-corrected chi connectivity index (χ0v) is 11.4. The maximum atomic E-state index is 4.36. The largest absolute Gasteiger partial charge is 0.143 e. The predicted octanol–water partition coefficient (Wildman–Crippen LogP) is 4.91. The molecule has 1 aromatic carbocycles. The summed E-state index contributed by atoms with van der Waals surface area (Å²) in [6, 6.07) is 6.52. The average molecular weight is 224 g/mol. The second-order valence-electron chi connectivity index (χ2n) is 3.45. The summed E-state index contributed by atoms with van der Waals surface area (Å²) < 4.78 is 0. The molecule has 0 aliphatic heterocycles. The van der Waals surface area contributed by atoms with Gasteiger partial charge in [-0.2, -0.15) is 0 Å². The SMILES string of the molecule is CC.CCCc1ccc(S)cc1CCC. The second kappa shape index (κ2) is 8.84. The minimum Gasteiger partial charge on any atom is -0.143 e. The number of aryl methyl sites for hydroxylation is 2. The van der Waals surface area contributed by atoms with Crippen LogP contribution in [-0.4, -0.2) is 0 Å². The predicted molar refractivity (Wildman–Crippen MR) is 73.0 cm³/mol. The van der Waals surface area contributed by atoms with Crippen LogP contribution in [0.4, 0.5) is 0 Å². The molecule has 0 radical (unpaired) electrons. The Balaban J connectivity index is 0.000000921. The third-order valence-electron chi connectivity index (χ3n) is 2.23. The third-order valence-corrected chi connectivity index (χ3v) is 2.51. The lowest BCUT2D eigenvalue weighted by atomic mass is 10.00. The van der Waals surface area contributed by atoms with E-state index in [0.29, 0.717) is 0 Å². The van der Waals surface area contributed by atoms with Crippen LogP contribution in [0.25, 0.3) is 0 Å². The molecule has 15 heavy (non-hydrogen) atoms. The van der Waals surface area contributed by atoms with E-state index in [1.165, 1.54) is 36.8 Å². The molecule has 0 spiro atoms. The standard InChI is InChI=1S/C12H18S.C2H6/c1-3-5-10-7-8-12(13)9-11(10)6-4-2;1-2/h7-9,13H,3-6H2,1-2H3;1-2H3. The first kappa shape index (κ1) is 14.6. The Morgan fingerprint density at radius 1 is 0.933 bits per heavy atom. The molecule has 1 heteroatoms. The van der Waals surface area contributed by atoms with Gasteiger partial charge in [0.05, 0.1) is 0 Å². The maximum Gasteiger partial charge on any atom is 0.00429 e. The highest BCUT2D eigenvalue weighted by Gasteiger charge is 2.00. The molecule has 0 amide bonds. The van der Waals surface area contributed by atoms with Crippen LogP contribution in [0.1, 0.15) is 51.7 Å². The van der Waals surface area contributed by atoms with Gasteiger partial charge in [-0.1, -0.05) is 46.6 Å². The average Bonchev–Trinajstić information content (AvgIpc) is 2.26. The Morgan fingerprint density at radius 3 is 2.00 bits per heavy atom. The molecule has 0 saturated carbocycles. The summed E-state index contributed by atoms with van der Waals surface area (Å²) >= 11 is 4.36. The van der Waals surface area contributed by atoms with E-state index in [0.717, 1.165) is 4.90 Å². The summed E-state index contributed by atoms with van der Waals surface area (Å²) in [7, 11) is 0. The van der Waals surface area contributed by atoms with Crippen molar-refractivity contribution in [3.63, 3.8) is 0 Å². The van der Waals surface area contributed by atoms with Crippen molar-refractivity contribution in [1.29, 1.82) is 0 Å². The highest BCUT2D eigenvalue weighted by molar-refractivity contribution is 7.80. The van der Waals surface area contributed by atoms with Gasteiger partial charge in [-0.15, -0.1) is 12.6 Å². The summed E-state index contributed by atoms with van der Waals surface area (Å²) in [5, 5.41) is 0. The fourth-order valence-corrected chi connectivity index (χ4v) is 1.86. The van der Waals surface area contributed by atoms with Gasteiger partial charge < -0.3 is 0 Å². The molecule has 86 valence electrons. The van der Waals surface area contributed by atoms with Crippen molar-refractivity contribution in [2.24, 2.45) is 0 Å². The molecule has 0 fully saturated rings. The molecule has 0 unspecified atom stereocenters. The van der Waals surface area contributed by atoms with Crippen molar-refractivity contribution >= 4 is 12.6 Å². The Labute approximate surface area is 101 Å². The number of hydrogen-bond donors (Lipinski definition) is 1. The van der Waals surface area contributed by atoms with Crippen LogP contribution in [0.5, 0.6) is 0 Å². The van der Waals surface area contributed by atoms with Gasteiger partial charge in [-0.05, 0) is 36.1 Å². The van der Waals surface area contributed by atoms with Crippen LogP contribution in [-0.2, 0) is 12.8 Å². The molecular weight excluding hydrogens is 200 g/mol. The van der Waals surface area contributed by atoms with Crippen molar-refractivity contribution < 1.29 is 0 Å². The van der Waals surface area contributed by atoms with Gasteiger partial charge in [0.2, 0.25) is 0 Å². The molecule has 0 aliphatic carbocycles. The van der Waals surface area contributed by atoms with Crippen LogP contribution in [0.2, 0.25) is 0 Å². The first-order chi connectivity index (χ1) is 7.27. The molecule has 0 aromatic heterocycles. The van der Waals surface area contributed by atoms with Gasteiger partial charge in [0.15, 0.2) is 0 Å². The molecule has 0 saturated heterocycles. The molecular formula is C14H24S. The summed E-state index contributed by atoms with van der Waals surface area (Å²) in [5.41, 5.74) is 2.99. The molecule has 0 aliphatic rings. The first-order valence-corrected chi connectivity index (χ1v) is 6.53. The summed E-state index contributed by atoms with van der Waals surface area (Å²) in [5.74, 6) is 0. The van der Waals surface area contributed by atoms with E-state index in [-0.39, 0.29) is 0 Å². The zero-order chi connectivity index (χ0) is 11.7. The van der Waals surface area contributed by atoms with Gasteiger partial charge in [0.25, 0.3) is 0 Å². The highest BCUT2D eigenvalue weighted by Crippen LogP contribution is 2.17. The fraction of sp³-hybridized carbons (Fsp3) is 0.571. The Hall–Kier alpha value is -0.430. The van der Waals surface area contributed by atoms with Crippen molar-refractivity contribution in [3.8, 4) is 0 Å². The maximum absolute atomic E-state index is 4.36. The van der Waals surface area contributed by atoms with E-state index in [9.17, 15) is 0 Å². The molecule has 0 nitrogen and oxygen atoms in total. The van der Waals surface area contributed by atoms with Gasteiger partial charge in [-0.3, -0.25) is 0 Å². The van der Waals surface area contributed by atoms with E-state index in [4.69, 9.17) is 0 Å². The van der Waals surface area contributed by atoms with Gasteiger partial charge in [0, 0.05) is 4.90 Å². The van der Waals surface area contributed by atoms with Crippen molar-refractivity contribution in [2.45, 2.75) is 58.3 Å². The lowest BCUT2D eigenvalue weighted by Gasteiger charge is -2.08. The highest BCUT2D eigenvalue weighted by atomic mass is 32.1. The number of benzene rings is 1. The van der Waals surface area contributed by atoms with E-state index >= 15 is 0 Å². The fourth-order valence-electron chi connectivity index (χ4n) is 1.63. The Bertz CT molecular complexity index is 266. The smallest absolute Gasteiger partial charge is 0.00429 e. The van der Waals surface area contributed by atoms with Crippen LogP contribution in [0.3, 0.4) is 0 Å².